The highest BCUT2D eigenvalue weighted by atomic mass is 35.5. The minimum absolute atomic E-state index is 0.0143. The largest absolute Gasteiger partial charge is 0.491 e. The predicted octanol–water partition coefficient (Wildman–Crippen LogP) is 16.2. The van der Waals surface area contributed by atoms with Crippen LogP contribution >= 0.6 is 46.4 Å². The zero-order chi connectivity index (χ0) is 98.0. The Labute approximate surface area is 822 Å². The number of fused-ring (bicyclic) bond motifs is 4. The summed E-state index contributed by atoms with van der Waals surface area (Å²) in [6.07, 6.45) is 24.9. The van der Waals surface area contributed by atoms with Crippen molar-refractivity contribution in [3.05, 3.63) is 246 Å². The molecule has 137 heavy (non-hydrogen) atoms. The van der Waals surface area contributed by atoms with E-state index < -0.39 is 39.9 Å². The van der Waals surface area contributed by atoms with Gasteiger partial charge in [0.05, 0.1) is 111 Å². The quantitative estimate of drug-likeness (QED) is 0.0391. The number of likely N-dealkylation sites (tertiary alicyclic amines) is 1. The molecule has 722 valence electrons. The number of hydrogen-bond acceptors (Lipinski definition) is 21. The third-order valence-corrected chi connectivity index (χ3v) is 29.3. The maximum atomic E-state index is 12.4. The number of sulfonamides is 3. The first-order valence-corrected chi connectivity index (χ1v) is 54.8. The van der Waals surface area contributed by atoms with Crippen molar-refractivity contribution in [2.45, 2.75) is 117 Å². The number of rotatable bonds is 34. The Hall–Kier alpha value is -11.1. The monoisotopic (exact) mass is 2010 g/mol. The van der Waals surface area contributed by atoms with Crippen molar-refractivity contribution in [1.82, 2.24) is 56.3 Å². The third-order valence-electron chi connectivity index (χ3n) is 24.1. The summed E-state index contributed by atoms with van der Waals surface area (Å²) in [5.41, 5.74) is 14.9. The van der Waals surface area contributed by atoms with Gasteiger partial charge in [0.25, 0.3) is 0 Å². The second-order valence-corrected chi connectivity index (χ2v) is 44.2. The van der Waals surface area contributed by atoms with Crippen molar-refractivity contribution >= 4 is 125 Å². The molecule has 16 rings (SSSR count). The van der Waals surface area contributed by atoms with Crippen LogP contribution in [0.4, 0.5) is 0 Å². The topological polar surface area (TPSA) is 359 Å². The fourth-order valence-corrected chi connectivity index (χ4v) is 21.3. The lowest BCUT2D eigenvalue weighted by Gasteiger charge is -2.39. The van der Waals surface area contributed by atoms with E-state index in [1.807, 2.05) is 115 Å². The highest BCUT2D eigenvalue weighted by molar-refractivity contribution is 7.90. The van der Waals surface area contributed by atoms with E-state index >= 15 is 0 Å². The Morgan fingerprint density at radius 3 is 1.26 bits per heavy atom. The van der Waals surface area contributed by atoms with E-state index in [9.17, 15) is 59.5 Å². The molecule has 29 nitrogen and oxygen atoms in total. The molecule has 1 N–H and O–H groups in total. The lowest BCUT2D eigenvalue weighted by molar-refractivity contribution is -0.134. The first kappa shape index (κ1) is 103. The Kier molecular flexibility index (Phi) is 35.1. The third kappa shape index (κ3) is 27.1. The molecule has 0 radical (unpaired) electrons. The van der Waals surface area contributed by atoms with E-state index in [-0.39, 0.29) is 24.2 Å². The summed E-state index contributed by atoms with van der Waals surface area (Å²) in [6.45, 7) is 17.1. The number of hydrogen-bond donors (Lipinski definition) is 1. The fourth-order valence-electron chi connectivity index (χ4n) is 17.2. The molecule has 3 fully saturated rings. The number of piperazine rings is 2. The van der Waals surface area contributed by atoms with E-state index in [1.54, 1.807) is 39.7 Å². The number of halogens is 4. The van der Waals surface area contributed by atoms with Gasteiger partial charge in [-0.3, -0.25) is 9.69 Å². The van der Waals surface area contributed by atoms with Gasteiger partial charge in [0.1, 0.15) is 35.9 Å². The Morgan fingerprint density at radius 1 is 0.460 bits per heavy atom. The van der Waals surface area contributed by atoms with Gasteiger partial charge in [-0.05, 0) is 220 Å². The van der Waals surface area contributed by atoms with Gasteiger partial charge in [-0.1, -0.05) is 92.3 Å². The summed E-state index contributed by atoms with van der Waals surface area (Å²) in [5, 5.41) is 43.3. The number of amides is 1. The van der Waals surface area contributed by atoms with Crippen molar-refractivity contribution in [2.75, 3.05) is 130 Å². The molecule has 1 aliphatic carbocycles. The smallest absolute Gasteiger partial charge is 0.237 e. The average Bonchev–Trinajstić information content (AvgIpc) is 1.66. The van der Waals surface area contributed by atoms with Crippen LogP contribution < -0.4 is 23.7 Å². The number of nitrogens with one attached hydrogen (secondary N) is 1. The summed E-state index contributed by atoms with van der Waals surface area (Å²) in [7, 11) is -12.8. The predicted molar refractivity (Wildman–Crippen MR) is 537 cm³/mol. The van der Waals surface area contributed by atoms with Gasteiger partial charge >= 0.3 is 0 Å². The van der Waals surface area contributed by atoms with E-state index in [1.165, 1.54) is 45.5 Å². The zero-order valence-electron chi connectivity index (χ0n) is 77.9. The van der Waals surface area contributed by atoms with Crippen LogP contribution in [0.15, 0.2) is 164 Å². The lowest BCUT2D eigenvalue weighted by atomic mass is 9.84. The molecule has 1 atom stereocenters. The molecule has 0 saturated carbocycles. The van der Waals surface area contributed by atoms with Crippen molar-refractivity contribution in [1.29, 1.82) is 21.0 Å². The number of aryl methyl sites for hydroxylation is 1. The standard InChI is InChI=1S/C26H29ClN4O3S.C25H27ClN4O4S.C25H29ClN4O3S.C24H27ClN4O3S/c1-3-12-34-26-20(16-28)14-22(15-23(26)27)31-11-9-19-13-18(5-7-24(19)31)4-6-21-8-10-29-25(30-21)17-35(2,32)33;1-3-12-34-25-20(16-27)14-21(15-22(25)26)30-9-7-19-13-18(4-5-23(19)30)6-8-28-10-11-29(17-24(28)31)35(2,32)33;1-3-14-33-25-21(18-27)16-22(17-23(25)26)30-9-7-20-15-19(4-5-24(20)30)6-8-28-10-12-29(13-11-28)34(2,31)32;1-3-10-32-24-19(14-26)12-21(13-22(24)25)29-9-7-18-11-17(4-5-23(18)29)6-8-28-15-20(16-28)27-33(2,30)31/h8-11,14-15,18H,3-7,12-13,17H2,1-2H3;4-5,7,9,13-15H,3,6,8,10-12,17H2,1-2H3;4-5,7,9,15-17H,3,6,8,10-14H2,1-2H3;4-5,7,9,11-13,20,27H,3,6,8,10,15-16H2,1-2H3. The number of nitrogens with zero attached hydrogens (tertiary/aromatic N) is 15. The maximum absolute atomic E-state index is 12.4. The van der Waals surface area contributed by atoms with Crippen molar-refractivity contribution < 1.29 is 57.4 Å². The summed E-state index contributed by atoms with van der Waals surface area (Å²) >= 11 is 25.8. The molecule has 8 heterocycles. The van der Waals surface area contributed by atoms with Gasteiger partial charge in [-0.25, -0.2) is 48.4 Å². The lowest BCUT2D eigenvalue weighted by Crippen LogP contribution is -2.59. The summed E-state index contributed by atoms with van der Waals surface area (Å²) in [5.74, 6) is 2.30. The number of benzene rings is 7. The number of sulfone groups is 1. The molecular formula is C100H112Cl4N16O13S4. The van der Waals surface area contributed by atoms with Crippen LogP contribution in [0.2, 0.25) is 20.1 Å². The first-order valence-electron chi connectivity index (χ1n) is 45.6. The maximum Gasteiger partial charge on any atom is 0.237 e. The van der Waals surface area contributed by atoms with Gasteiger partial charge in [-0.2, -0.15) is 29.7 Å². The first-order chi connectivity index (χ1) is 65.5. The number of carbonyl (C=O) groups is 1. The number of carbonyl (C=O) groups excluding carboxylic acids is 1. The van der Waals surface area contributed by atoms with Crippen LogP contribution in [0.3, 0.4) is 0 Å². The molecule has 5 aromatic heterocycles. The molecule has 37 heteroatoms. The van der Waals surface area contributed by atoms with E-state index in [4.69, 9.17) is 65.4 Å². The number of aromatic nitrogens is 6. The van der Waals surface area contributed by atoms with Crippen LogP contribution in [0.25, 0.3) is 55.5 Å². The van der Waals surface area contributed by atoms with Gasteiger partial charge in [0.2, 0.25) is 36.0 Å². The van der Waals surface area contributed by atoms with Crippen LogP contribution in [0.1, 0.15) is 128 Å². The molecule has 12 aromatic rings. The van der Waals surface area contributed by atoms with Gasteiger partial charge in [0.15, 0.2) is 32.8 Å². The van der Waals surface area contributed by atoms with E-state index in [2.05, 4.69) is 114 Å². The Bertz CT molecular complexity index is 7070. The summed E-state index contributed by atoms with van der Waals surface area (Å²) in [6, 6.07) is 52.3. The minimum Gasteiger partial charge on any atom is -0.491 e. The second kappa shape index (κ2) is 46.6. The molecule has 1 unspecified atom stereocenters. The summed E-state index contributed by atoms with van der Waals surface area (Å²) in [4.78, 5) is 27.2. The molecule has 0 spiro atoms. The molecular weight excluding hydrogens is 1900 g/mol. The van der Waals surface area contributed by atoms with Gasteiger partial charge < -0.3 is 47.0 Å². The van der Waals surface area contributed by atoms with Crippen LogP contribution in [-0.4, -0.2) is 227 Å². The van der Waals surface area contributed by atoms with Crippen molar-refractivity contribution in [3.63, 3.8) is 0 Å². The Morgan fingerprint density at radius 2 is 0.861 bits per heavy atom. The summed E-state index contributed by atoms with van der Waals surface area (Å²) < 4.78 is 129. The normalized spacial score (nSPS) is 15.2. The highest BCUT2D eigenvalue weighted by Crippen LogP contribution is 2.40. The van der Waals surface area contributed by atoms with Crippen molar-refractivity contribution in [3.8, 4) is 70.0 Å². The minimum atomic E-state index is -3.36. The zero-order valence-corrected chi connectivity index (χ0v) is 84.2. The molecule has 4 aliphatic rings. The molecule has 7 aromatic carbocycles. The Balaban J connectivity index is 0.000000154. The number of nitriles is 4. The fraction of sp³-hybridized carbons (Fsp3) is 0.390. The highest BCUT2D eigenvalue weighted by Gasteiger charge is 2.32. The second-order valence-electron chi connectivity index (χ2n) is 34.7. The molecule has 0 bridgehead atoms. The van der Waals surface area contributed by atoms with Gasteiger partial charge in [0, 0.05) is 166 Å². The molecule has 3 saturated heterocycles. The van der Waals surface area contributed by atoms with Crippen LogP contribution in [0.5, 0.6) is 23.0 Å². The molecule has 1 amide bonds. The molecule has 3 aliphatic heterocycles. The van der Waals surface area contributed by atoms with Crippen molar-refractivity contribution in [2.24, 2.45) is 5.92 Å². The average molecular weight is 2020 g/mol. The van der Waals surface area contributed by atoms with E-state index in [0.29, 0.717) is 143 Å². The van der Waals surface area contributed by atoms with E-state index in [0.717, 1.165) is 183 Å². The van der Waals surface area contributed by atoms with Crippen LogP contribution in [-0.2, 0) is 89.0 Å². The SMILES string of the molecule is CCCOc1c(Cl)cc(-n2ccc3c2CCC(CCc2ccnc(CS(C)(=O)=O)n2)C3)cc1C#N.CCCOc1c(Cl)cc(-n2ccc3cc(CCN4CC(NS(C)(=O)=O)C4)ccc32)cc1C#N.CCCOc1c(Cl)cc(-n2ccc3cc(CCN4CCN(S(C)(=O)=O)CC4)ccc32)cc1C#N.CCCOc1c(Cl)cc(-n2ccc3cc(CCN4CCN(S(C)(=O)=O)CC4=O)ccc32)cc1C#N. The van der Waals surface area contributed by atoms with Crippen LogP contribution in [0, 0.1) is 51.2 Å². The van der Waals surface area contributed by atoms with Gasteiger partial charge in [-0.15, -0.1) is 0 Å². The number of ether oxygens (including phenoxy) is 4.